The summed E-state index contributed by atoms with van der Waals surface area (Å²) in [5, 5.41) is 0. The monoisotopic (exact) mass is 282 g/mol. The van der Waals surface area contributed by atoms with E-state index < -0.39 is 10.0 Å². The second-order valence-electron chi connectivity index (χ2n) is 5.08. The zero-order valence-corrected chi connectivity index (χ0v) is 12.7. The molecule has 19 heavy (non-hydrogen) atoms. The van der Waals surface area contributed by atoms with Crippen LogP contribution in [-0.2, 0) is 10.0 Å². The molecular formula is C14H22N2O2S. The lowest BCUT2D eigenvalue weighted by atomic mass is 10.1. The van der Waals surface area contributed by atoms with Gasteiger partial charge in [-0.1, -0.05) is 17.7 Å². The Hall–Kier alpha value is -1.07. The van der Waals surface area contributed by atoms with Gasteiger partial charge in [0.15, 0.2) is 0 Å². The van der Waals surface area contributed by atoms with Gasteiger partial charge < -0.3 is 4.90 Å². The molecule has 0 saturated carbocycles. The summed E-state index contributed by atoms with van der Waals surface area (Å²) in [6.45, 7) is 8.60. The first-order valence-electron chi connectivity index (χ1n) is 6.74. The van der Waals surface area contributed by atoms with Gasteiger partial charge >= 0.3 is 0 Å². The van der Waals surface area contributed by atoms with E-state index in [0.717, 1.165) is 13.1 Å². The van der Waals surface area contributed by atoms with Crippen molar-refractivity contribution < 1.29 is 8.42 Å². The predicted molar refractivity (Wildman–Crippen MR) is 79.2 cm³/mol. The molecule has 0 bridgehead atoms. The molecule has 0 radical (unpaired) electrons. The molecule has 4 nitrogen and oxygen atoms in total. The maximum absolute atomic E-state index is 11.8. The molecule has 2 rings (SSSR count). The normalized spacial score (nSPS) is 17.7. The first-order chi connectivity index (χ1) is 8.94. The predicted octanol–water partition coefficient (Wildman–Crippen LogP) is 1.78. The molecule has 0 unspecified atom stereocenters. The van der Waals surface area contributed by atoms with Crippen LogP contribution in [0.3, 0.4) is 0 Å². The van der Waals surface area contributed by atoms with Crippen LogP contribution in [0.25, 0.3) is 0 Å². The van der Waals surface area contributed by atoms with Crippen LogP contribution in [-0.4, -0.2) is 44.7 Å². The van der Waals surface area contributed by atoms with Crippen LogP contribution >= 0.6 is 0 Å². The molecule has 1 aromatic carbocycles. The summed E-state index contributed by atoms with van der Waals surface area (Å²) >= 11 is 0. The average Bonchev–Trinajstić information content (AvgIpc) is 2.39. The minimum atomic E-state index is -3.04. The van der Waals surface area contributed by atoms with Crippen LogP contribution in [0.5, 0.6) is 0 Å². The Morgan fingerprint density at radius 1 is 1.11 bits per heavy atom. The number of piperazine rings is 1. The first-order valence-corrected chi connectivity index (χ1v) is 8.35. The van der Waals surface area contributed by atoms with E-state index >= 15 is 0 Å². The van der Waals surface area contributed by atoms with Crippen molar-refractivity contribution in [3.63, 3.8) is 0 Å². The smallest absolute Gasteiger partial charge is 0.213 e. The molecule has 1 fully saturated rings. The summed E-state index contributed by atoms with van der Waals surface area (Å²) < 4.78 is 25.2. The summed E-state index contributed by atoms with van der Waals surface area (Å²) in [5.41, 5.74) is 3.74. The summed E-state index contributed by atoms with van der Waals surface area (Å²) in [5.74, 6) is 0.191. The molecular weight excluding hydrogens is 260 g/mol. The zero-order chi connectivity index (χ0) is 14.0. The van der Waals surface area contributed by atoms with Gasteiger partial charge in [-0.05, 0) is 32.4 Å². The van der Waals surface area contributed by atoms with E-state index in [4.69, 9.17) is 0 Å². The third-order valence-corrected chi connectivity index (χ3v) is 5.57. The van der Waals surface area contributed by atoms with Gasteiger partial charge in [-0.2, -0.15) is 4.31 Å². The van der Waals surface area contributed by atoms with E-state index in [9.17, 15) is 8.42 Å². The van der Waals surface area contributed by atoms with Crippen molar-refractivity contribution in [1.29, 1.82) is 0 Å². The van der Waals surface area contributed by atoms with Crippen molar-refractivity contribution in [3.05, 3.63) is 29.3 Å². The fourth-order valence-corrected chi connectivity index (χ4v) is 3.63. The Balaban J connectivity index is 2.08. The van der Waals surface area contributed by atoms with Crippen molar-refractivity contribution in [1.82, 2.24) is 4.31 Å². The van der Waals surface area contributed by atoms with Gasteiger partial charge in [0.2, 0.25) is 10.0 Å². The van der Waals surface area contributed by atoms with Gasteiger partial charge in [-0.15, -0.1) is 0 Å². The summed E-state index contributed by atoms with van der Waals surface area (Å²) in [4.78, 5) is 2.27. The quantitative estimate of drug-likeness (QED) is 0.848. The zero-order valence-electron chi connectivity index (χ0n) is 11.9. The van der Waals surface area contributed by atoms with E-state index in [1.807, 2.05) is 0 Å². The fourth-order valence-electron chi connectivity index (χ4n) is 2.55. The van der Waals surface area contributed by atoms with Gasteiger partial charge in [0.1, 0.15) is 0 Å². The summed E-state index contributed by atoms with van der Waals surface area (Å²) in [6, 6.07) is 6.41. The number of aryl methyl sites for hydroxylation is 2. The minimum Gasteiger partial charge on any atom is -0.369 e. The molecule has 0 aromatic heterocycles. The molecule has 5 heteroatoms. The Labute approximate surface area is 116 Å². The van der Waals surface area contributed by atoms with Crippen molar-refractivity contribution >= 4 is 15.7 Å². The maximum atomic E-state index is 11.8. The Bertz CT molecular complexity index is 547. The molecule has 0 aliphatic carbocycles. The van der Waals surface area contributed by atoms with Gasteiger partial charge in [-0.3, -0.25) is 0 Å². The van der Waals surface area contributed by atoms with Crippen LogP contribution in [0, 0.1) is 13.8 Å². The summed E-state index contributed by atoms with van der Waals surface area (Å²) in [7, 11) is -3.04. The van der Waals surface area contributed by atoms with Crippen LogP contribution in [0.1, 0.15) is 18.1 Å². The number of rotatable bonds is 3. The van der Waals surface area contributed by atoms with E-state index in [0.29, 0.717) is 13.1 Å². The molecule has 1 heterocycles. The van der Waals surface area contributed by atoms with Crippen LogP contribution in [0.15, 0.2) is 18.2 Å². The van der Waals surface area contributed by atoms with E-state index in [-0.39, 0.29) is 5.75 Å². The Morgan fingerprint density at radius 3 is 2.26 bits per heavy atom. The molecule has 1 saturated heterocycles. The highest BCUT2D eigenvalue weighted by Crippen LogP contribution is 2.23. The van der Waals surface area contributed by atoms with Crippen molar-refractivity contribution in [2.75, 3.05) is 36.8 Å². The molecule has 0 amide bonds. The van der Waals surface area contributed by atoms with E-state index in [2.05, 4.69) is 36.9 Å². The van der Waals surface area contributed by atoms with Gasteiger partial charge in [0.25, 0.3) is 0 Å². The third kappa shape index (κ3) is 3.09. The number of sulfonamides is 1. The minimum absolute atomic E-state index is 0.191. The third-order valence-electron chi connectivity index (χ3n) is 3.69. The topological polar surface area (TPSA) is 40.6 Å². The molecule has 0 atom stereocenters. The van der Waals surface area contributed by atoms with Gasteiger partial charge in [0, 0.05) is 31.9 Å². The second-order valence-corrected chi connectivity index (χ2v) is 7.33. The van der Waals surface area contributed by atoms with E-state index in [1.54, 1.807) is 11.2 Å². The number of hydrogen-bond acceptors (Lipinski definition) is 3. The molecule has 0 N–H and O–H groups in total. The lowest BCUT2D eigenvalue weighted by Gasteiger charge is -2.36. The van der Waals surface area contributed by atoms with Crippen molar-refractivity contribution in [2.24, 2.45) is 0 Å². The lowest BCUT2D eigenvalue weighted by molar-refractivity contribution is 0.385. The highest BCUT2D eigenvalue weighted by Gasteiger charge is 2.25. The van der Waals surface area contributed by atoms with Crippen molar-refractivity contribution in [2.45, 2.75) is 20.8 Å². The van der Waals surface area contributed by atoms with E-state index in [1.165, 1.54) is 16.8 Å². The lowest BCUT2D eigenvalue weighted by Crippen LogP contribution is -2.49. The number of hydrogen-bond donors (Lipinski definition) is 0. The summed E-state index contributed by atoms with van der Waals surface area (Å²) in [6.07, 6.45) is 0. The van der Waals surface area contributed by atoms with Crippen LogP contribution < -0.4 is 4.90 Å². The van der Waals surface area contributed by atoms with Crippen LogP contribution in [0.4, 0.5) is 5.69 Å². The largest absolute Gasteiger partial charge is 0.369 e. The molecule has 1 aliphatic heterocycles. The standard InChI is InChI=1S/C14H22N2O2S/c1-4-19(17,18)16-9-7-15(8-10-16)14-6-5-12(2)11-13(14)3/h5-6,11H,4,7-10H2,1-3H3. The van der Waals surface area contributed by atoms with Crippen LogP contribution in [0.2, 0.25) is 0 Å². The fraction of sp³-hybridized carbons (Fsp3) is 0.571. The maximum Gasteiger partial charge on any atom is 0.213 e. The number of nitrogens with zero attached hydrogens (tertiary/aromatic N) is 2. The number of benzene rings is 1. The highest BCUT2D eigenvalue weighted by molar-refractivity contribution is 7.89. The molecule has 0 spiro atoms. The SMILES string of the molecule is CCS(=O)(=O)N1CCN(c2ccc(C)cc2C)CC1. The van der Waals surface area contributed by atoms with Gasteiger partial charge in [0.05, 0.1) is 5.75 Å². The molecule has 106 valence electrons. The number of anilines is 1. The average molecular weight is 282 g/mol. The molecule has 1 aliphatic rings. The van der Waals surface area contributed by atoms with Crippen molar-refractivity contribution in [3.8, 4) is 0 Å². The second kappa shape index (κ2) is 5.51. The Kier molecular flexibility index (Phi) is 4.16. The highest BCUT2D eigenvalue weighted by atomic mass is 32.2. The first kappa shape index (κ1) is 14.3. The molecule has 1 aromatic rings. The van der Waals surface area contributed by atoms with Gasteiger partial charge in [-0.25, -0.2) is 8.42 Å². The Morgan fingerprint density at radius 2 is 1.74 bits per heavy atom.